The van der Waals surface area contributed by atoms with Gasteiger partial charge in [0, 0.05) is 24.3 Å². The summed E-state index contributed by atoms with van der Waals surface area (Å²) < 4.78 is 11.1. The van der Waals surface area contributed by atoms with Crippen molar-refractivity contribution >= 4 is 11.4 Å². The van der Waals surface area contributed by atoms with Crippen LogP contribution in [0.2, 0.25) is 0 Å². The van der Waals surface area contributed by atoms with Gasteiger partial charge in [0.2, 0.25) is 0 Å². The fourth-order valence-corrected chi connectivity index (χ4v) is 2.50. The van der Waals surface area contributed by atoms with Gasteiger partial charge >= 0.3 is 0 Å². The summed E-state index contributed by atoms with van der Waals surface area (Å²) in [5.41, 5.74) is 1.86. The Morgan fingerprint density at radius 2 is 0.893 bits per heavy atom. The van der Waals surface area contributed by atoms with E-state index < -0.39 is 9.85 Å². The maximum Gasteiger partial charge on any atom is 0.269 e. The zero-order valence-electron chi connectivity index (χ0n) is 14.7. The van der Waals surface area contributed by atoms with Crippen molar-refractivity contribution in [3.05, 3.63) is 93.0 Å². The van der Waals surface area contributed by atoms with Crippen molar-refractivity contribution < 1.29 is 19.3 Å². The molecule has 3 aromatic carbocycles. The first-order chi connectivity index (χ1) is 13.5. The van der Waals surface area contributed by atoms with Gasteiger partial charge in [-0.25, -0.2) is 0 Å². The van der Waals surface area contributed by atoms with Crippen molar-refractivity contribution in [2.75, 3.05) is 13.2 Å². The van der Waals surface area contributed by atoms with Gasteiger partial charge in [-0.3, -0.25) is 20.2 Å². The van der Waals surface area contributed by atoms with Gasteiger partial charge in [-0.15, -0.1) is 0 Å². The van der Waals surface area contributed by atoms with E-state index in [9.17, 15) is 20.2 Å². The summed E-state index contributed by atoms with van der Waals surface area (Å²) in [6, 6.07) is 19.5. The zero-order valence-corrected chi connectivity index (χ0v) is 14.7. The highest BCUT2D eigenvalue weighted by atomic mass is 16.6. The fraction of sp³-hybridized carbons (Fsp3) is 0.100. The number of hydrogen-bond acceptors (Lipinski definition) is 6. The summed E-state index contributed by atoms with van der Waals surface area (Å²) in [6.45, 7) is 0.607. The molecule has 0 heterocycles. The van der Waals surface area contributed by atoms with Crippen LogP contribution in [0.15, 0.2) is 72.8 Å². The Morgan fingerprint density at radius 3 is 1.29 bits per heavy atom. The minimum Gasteiger partial charge on any atom is -0.490 e. The van der Waals surface area contributed by atoms with Gasteiger partial charge in [-0.1, -0.05) is 12.1 Å². The molecule has 0 spiro atoms. The van der Waals surface area contributed by atoms with Crippen molar-refractivity contribution in [3.8, 4) is 22.6 Å². The number of benzene rings is 3. The molecule has 8 nitrogen and oxygen atoms in total. The molecule has 3 rings (SSSR count). The number of nitro benzene ring substituents is 2. The van der Waals surface area contributed by atoms with Crippen LogP contribution in [0.4, 0.5) is 11.4 Å². The highest BCUT2D eigenvalue weighted by molar-refractivity contribution is 5.65. The van der Waals surface area contributed by atoms with Crippen LogP contribution in [-0.4, -0.2) is 23.1 Å². The molecule has 0 amide bonds. The predicted octanol–water partition coefficient (Wildman–Crippen LogP) is 4.63. The fourth-order valence-electron chi connectivity index (χ4n) is 2.50. The lowest BCUT2D eigenvalue weighted by Gasteiger charge is -2.09. The predicted molar refractivity (Wildman–Crippen MR) is 103 cm³/mol. The molecular formula is C20H16N2O6. The van der Waals surface area contributed by atoms with Crippen LogP contribution in [0, 0.1) is 20.2 Å². The summed E-state index contributed by atoms with van der Waals surface area (Å²) >= 11 is 0. The molecule has 0 aliphatic carbocycles. The smallest absolute Gasteiger partial charge is 0.269 e. The van der Waals surface area contributed by atoms with Crippen molar-refractivity contribution in [1.29, 1.82) is 0 Å². The second kappa shape index (κ2) is 8.63. The van der Waals surface area contributed by atoms with Gasteiger partial charge in [-0.2, -0.15) is 0 Å². The summed E-state index contributed by atoms with van der Waals surface area (Å²) in [6.07, 6.45) is 0. The maximum atomic E-state index is 10.7. The Hall–Kier alpha value is -3.94. The Kier molecular flexibility index (Phi) is 5.81. The van der Waals surface area contributed by atoms with E-state index in [4.69, 9.17) is 9.47 Å². The second-order valence-corrected chi connectivity index (χ2v) is 5.78. The van der Waals surface area contributed by atoms with Gasteiger partial charge in [-0.05, 0) is 47.5 Å². The van der Waals surface area contributed by atoms with E-state index in [2.05, 4.69) is 0 Å². The van der Waals surface area contributed by atoms with Crippen molar-refractivity contribution in [2.45, 2.75) is 0 Å². The molecule has 3 aromatic rings. The Bertz CT molecular complexity index is 953. The average molecular weight is 380 g/mol. The van der Waals surface area contributed by atoms with Crippen molar-refractivity contribution in [1.82, 2.24) is 0 Å². The molecule has 0 aliphatic rings. The quantitative estimate of drug-likeness (QED) is 0.321. The lowest BCUT2D eigenvalue weighted by Crippen LogP contribution is -2.08. The third-order valence-electron chi connectivity index (χ3n) is 3.93. The van der Waals surface area contributed by atoms with E-state index in [1.807, 2.05) is 24.3 Å². The molecule has 0 radical (unpaired) electrons. The van der Waals surface area contributed by atoms with Gasteiger partial charge in [0.25, 0.3) is 11.4 Å². The van der Waals surface area contributed by atoms with E-state index in [0.29, 0.717) is 24.7 Å². The van der Waals surface area contributed by atoms with Gasteiger partial charge in [0.05, 0.1) is 9.85 Å². The van der Waals surface area contributed by atoms with E-state index >= 15 is 0 Å². The minimum atomic E-state index is -0.465. The largest absolute Gasteiger partial charge is 0.490 e. The third-order valence-corrected chi connectivity index (χ3v) is 3.93. The molecule has 0 saturated carbocycles. The topological polar surface area (TPSA) is 105 Å². The molecule has 0 fully saturated rings. The zero-order chi connectivity index (χ0) is 19.9. The number of ether oxygens (including phenoxy) is 2. The molecule has 0 atom stereocenters. The monoisotopic (exact) mass is 380 g/mol. The number of nitrogens with zero attached hydrogens (tertiary/aromatic N) is 2. The van der Waals surface area contributed by atoms with E-state index in [1.54, 1.807) is 12.1 Å². The molecule has 0 N–H and O–H groups in total. The molecule has 142 valence electrons. The third kappa shape index (κ3) is 4.82. The van der Waals surface area contributed by atoms with Crippen LogP contribution in [-0.2, 0) is 0 Å². The number of non-ortho nitro benzene ring substituents is 2. The summed E-state index contributed by atoms with van der Waals surface area (Å²) in [5, 5.41) is 21.3. The van der Waals surface area contributed by atoms with E-state index in [-0.39, 0.29) is 11.4 Å². The SMILES string of the molecule is O=[N+]([O-])c1ccc(OCCOc2ccc(-c3ccc([N+](=O)[O-])cc3)cc2)cc1. The number of rotatable bonds is 8. The van der Waals surface area contributed by atoms with E-state index in [0.717, 1.165) is 11.1 Å². The van der Waals surface area contributed by atoms with Gasteiger partial charge in [0.15, 0.2) is 0 Å². The van der Waals surface area contributed by atoms with Crippen molar-refractivity contribution in [2.24, 2.45) is 0 Å². The first-order valence-electron chi connectivity index (χ1n) is 8.38. The summed E-state index contributed by atoms with van der Waals surface area (Å²) in [7, 11) is 0. The lowest BCUT2D eigenvalue weighted by molar-refractivity contribution is -0.385. The number of nitro groups is 2. The number of hydrogen-bond donors (Lipinski definition) is 0. The normalized spacial score (nSPS) is 10.3. The van der Waals surface area contributed by atoms with Crippen molar-refractivity contribution in [3.63, 3.8) is 0 Å². The second-order valence-electron chi connectivity index (χ2n) is 5.78. The summed E-state index contributed by atoms with van der Waals surface area (Å²) in [4.78, 5) is 20.4. The van der Waals surface area contributed by atoms with E-state index in [1.165, 1.54) is 36.4 Å². The molecule has 8 heteroatoms. The molecule has 0 saturated heterocycles. The summed E-state index contributed by atoms with van der Waals surface area (Å²) in [5.74, 6) is 1.20. The highest BCUT2D eigenvalue weighted by Crippen LogP contribution is 2.24. The van der Waals surface area contributed by atoms with Crippen LogP contribution >= 0.6 is 0 Å². The van der Waals surface area contributed by atoms with Crippen LogP contribution in [0.3, 0.4) is 0 Å². The molecule has 28 heavy (non-hydrogen) atoms. The first-order valence-corrected chi connectivity index (χ1v) is 8.38. The van der Waals surface area contributed by atoms with Gasteiger partial charge in [0.1, 0.15) is 24.7 Å². The maximum absolute atomic E-state index is 10.7. The van der Waals surface area contributed by atoms with Crippen LogP contribution < -0.4 is 9.47 Å². The van der Waals surface area contributed by atoms with Crippen LogP contribution in [0.25, 0.3) is 11.1 Å². The van der Waals surface area contributed by atoms with Crippen LogP contribution in [0.5, 0.6) is 11.5 Å². The Labute approximate surface area is 160 Å². The molecule has 0 bridgehead atoms. The Balaban J connectivity index is 1.49. The minimum absolute atomic E-state index is 0.0108. The first kappa shape index (κ1) is 18.8. The molecule has 0 aromatic heterocycles. The standard InChI is InChI=1S/C20H16N2O6/c23-21(24)17-5-1-15(2-6-17)16-3-9-19(10-4-16)27-13-14-28-20-11-7-18(8-12-20)22(25)26/h1-12H,13-14H2. The molecular weight excluding hydrogens is 364 g/mol. The Morgan fingerprint density at radius 1 is 0.571 bits per heavy atom. The van der Waals surface area contributed by atoms with Crippen LogP contribution in [0.1, 0.15) is 0 Å². The molecule has 0 aliphatic heterocycles. The average Bonchev–Trinajstić information content (AvgIpc) is 2.72. The van der Waals surface area contributed by atoms with Gasteiger partial charge < -0.3 is 9.47 Å². The molecule has 0 unspecified atom stereocenters. The highest BCUT2D eigenvalue weighted by Gasteiger charge is 2.06. The lowest BCUT2D eigenvalue weighted by atomic mass is 10.1.